The Balaban J connectivity index is 1.63. The number of carboxylic acid groups (broad SMARTS) is 1. The third-order valence-electron chi connectivity index (χ3n) is 6.15. The quantitative estimate of drug-likeness (QED) is 0.216. The highest BCUT2D eigenvalue weighted by atomic mass is 32.2. The molecule has 1 aromatic heterocycles. The molecule has 1 atom stereocenters. The summed E-state index contributed by atoms with van der Waals surface area (Å²) in [7, 11) is 0. The van der Waals surface area contributed by atoms with Gasteiger partial charge >= 0.3 is 5.97 Å². The summed E-state index contributed by atoms with van der Waals surface area (Å²) in [6.45, 7) is 2.22. The van der Waals surface area contributed by atoms with Gasteiger partial charge in [0, 0.05) is 36.3 Å². The third kappa shape index (κ3) is 7.77. The predicted molar refractivity (Wildman–Crippen MR) is 155 cm³/mol. The number of aliphatic carboxylic acids is 1. The van der Waals surface area contributed by atoms with Crippen molar-refractivity contribution in [1.82, 2.24) is 15.2 Å². The molecule has 0 saturated heterocycles. The maximum Gasteiger partial charge on any atom is 0.326 e. The van der Waals surface area contributed by atoms with E-state index >= 15 is 0 Å². The van der Waals surface area contributed by atoms with Gasteiger partial charge in [-0.1, -0.05) is 66.7 Å². The van der Waals surface area contributed by atoms with Gasteiger partial charge in [-0.05, 0) is 52.8 Å². The van der Waals surface area contributed by atoms with Gasteiger partial charge in [0.1, 0.15) is 6.04 Å². The van der Waals surface area contributed by atoms with Crippen LogP contribution >= 0.6 is 23.1 Å². The van der Waals surface area contributed by atoms with E-state index in [1.165, 1.54) is 10.4 Å². The Hall–Kier alpha value is -3.46. The number of hydrogen-bond donors (Lipinski definition) is 2. The molecule has 0 radical (unpaired) electrons. The first-order valence-electron chi connectivity index (χ1n) is 12.4. The molecule has 0 saturated carbocycles. The molecule has 0 fully saturated rings. The summed E-state index contributed by atoms with van der Waals surface area (Å²) in [5, 5.41) is 12.4. The van der Waals surface area contributed by atoms with Crippen LogP contribution in [0.4, 0.5) is 0 Å². The number of aromatic nitrogens is 1. The summed E-state index contributed by atoms with van der Waals surface area (Å²) < 4.78 is 0. The van der Waals surface area contributed by atoms with Gasteiger partial charge in [0.05, 0.1) is 5.51 Å². The third-order valence-corrected chi connectivity index (χ3v) is 7.55. The molecule has 1 heterocycles. The minimum atomic E-state index is -1.02. The summed E-state index contributed by atoms with van der Waals surface area (Å²) >= 11 is 3.19. The fraction of sp³-hybridized carbons (Fsp3) is 0.233. The van der Waals surface area contributed by atoms with Crippen LogP contribution < -0.4 is 5.32 Å². The first-order valence-corrected chi connectivity index (χ1v) is 14.7. The van der Waals surface area contributed by atoms with Crippen LogP contribution in [0.5, 0.6) is 0 Å². The first kappa shape index (κ1) is 27.6. The van der Waals surface area contributed by atoms with E-state index < -0.39 is 12.0 Å². The Morgan fingerprint density at radius 1 is 0.974 bits per heavy atom. The molecule has 6 nitrogen and oxygen atoms in total. The fourth-order valence-electron chi connectivity index (χ4n) is 4.28. The number of carbonyl (C=O) groups is 2. The van der Waals surface area contributed by atoms with Gasteiger partial charge in [0.2, 0.25) is 0 Å². The number of carbonyl (C=O) groups excluding carboxylic acids is 1. The topological polar surface area (TPSA) is 82.5 Å². The van der Waals surface area contributed by atoms with Crippen LogP contribution in [0, 0.1) is 0 Å². The standard InChI is InChI=1S/C30H31N3O3S2/c1-37-15-14-28(30(35)36)32-29(34)26-13-12-23(16-27(26)24-10-6-3-7-11-24)19-33(20-25-17-31-21-38-25)18-22-8-4-2-5-9-22/h2-13,16-17,21,28H,14-15,18-20H2,1H3,(H,32,34)(H,35,36). The van der Waals surface area contributed by atoms with E-state index in [1.54, 1.807) is 23.1 Å². The van der Waals surface area contributed by atoms with Crippen molar-refractivity contribution in [2.75, 3.05) is 12.0 Å². The van der Waals surface area contributed by atoms with Gasteiger partial charge in [0.25, 0.3) is 5.91 Å². The van der Waals surface area contributed by atoms with Crippen molar-refractivity contribution in [2.24, 2.45) is 0 Å². The van der Waals surface area contributed by atoms with E-state index in [0.717, 1.165) is 29.8 Å². The van der Waals surface area contributed by atoms with Crippen molar-refractivity contribution >= 4 is 35.0 Å². The SMILES string of the molecule is CSCCC(NC(=O)c1ccc(CN(Cc2ccccc2)Cc2cncs2)cc1-c1ccccc1)C(=O)O. The minimum absolute atomic E-state index is 0.368. The van der Waals surface area contributed by atoms with Crippen molar-refractivity contribution in [1.29, 1.82) is 0 Å². The van der Waals surface area contributed by atoms with Crippen LogP contribution in [0.1, 0.15) is 32.8 Å². The number of thioether (sulfide) groups is 1. The van der Waals surface area contributed by atoms with E-state index in [0.29, 0.717) is 24.3 Å². The van der Waals surface area contributed by atoms with Crippen LogP contribution in [0.25, 0.3) is 11.1 Å². The molecule has 0 aliphatic rings. The van der Waals surface area contributed by atoms with Gasteiger partial charge in [0.15, 0.2) is 0 Å². The Morgan fingerprint density at radius 2 is 1.68 bits per heavy atom. The van der Waals surface area contributed by atoms with Crippen molar-refractivity contribution in [3.05, 3.63) is 112 Å². The molecule has 8 heteroatoms. The van der Waals surface area contributed by atoms with Crippen molar-refractivity contribution in [3.8, 4) is 11.1 Å². The van der Waals surface area contributed by atoms with E-state index in [9.17, 15) is 14.7 Å². The molecule has 38 heavy (non-hydrogen) atoms. The zero-order chi connectivity index (χ0) is 26.7. The summed E-state index contributed by atoms with van der Waals surface area (Å²) in [4.78, 5) is 32.8. The molecule has 3 aromatic carbocycles. The highest BCUT2D eigenvalue weighted by molar-refractivity contribution is 7.98. The largest absolute Gasteiger partial charge is 0.480 e. The maximum atomic E-state index is 13.3. The highest BCUT2D eigenvalue weighted by Crippen LogP contribution is 2.27. The lowest BCUT2D eigenvalue weighted by atomic mass is 9.96. The van der Waals surface area contributed by atoms with E-state index in [4.69, 9.17) is 0 Å². The number of amides is 1. The molecule has 0 aliphatic heterocycles. The number of thiazole rings is 1. The van der Waals surface area contributed by atoms with Crippen LogP contribution in [0.3, 0.4) is 0 Å². The van der Waals surface area contributed by atoms with Crippen LogP contribution in [-0.2, 0) is 24.4 Å². The average Bonchev–Trinajstić information content (AvgIpc) is 3.45. The van der Waals surface area contributed by atoms with Gasteiger partial charge in [-0.2, -0.15) is 11.8 Å². The summed E-state index contributed by atoms with van der Waals surface area (Å²) in [6.07, 6.45) is 4.19. The fourth-order valence-corrected chi connectivity index (χ4v) is 5.39. The van der Waals surface area contributed by atoms with Crippen molar-refractivity contribution in [2.45, 2.75) is 32.1 Å². The Labute approximate surface area is 231 Å². The smallest absolute Gasteiger partial charge is 0.326 e. The summed E-state index contributed by atoms with van der Waals surface area (Å²) in [5.74, 6) is -0.752. The Morgan fingerprint density at radius 3 is 2.34 bits per heavy atom. The van der Waals surface area contributed by atoms with E-state index in [1.807, 2.05) is 84.7 Å². The van der Waals surface area contributed by atoms with Gasteiger partial charge in [-0.25, -0.2) is 4.79 Å². The molecule has 0 bridgehead atoms. The predicted octanol–water partition coefficient (Wildman–Crippen LogP) is 5.95. The maximum absolute atomic E-state index is 13.3. The molecular weight excluding hydrogens is 514 g/mol. The molecule has 0 spiro atoms. The average molecular weight is 546 g/mol. The second-order valence-electron chi connectivity index (χ2n) is 8.99. The van der Waals surface area contributed by atoms with Crippen molar-refractivity contribution in [3.63, 3.8) is 0 Å². The number of carboxylic acids is 1. The number of rotatable bonds is 13. The lowest BCUT2D eigenvalue weighted by molar-refractivity contribution is -0.139. The molecule has 0 aliphatic carbocycles. The second kappa shape index (κ2) is 13.9. The molecule has 2 N–H and O–H groups in total. The molecule has 1 unspecified atom stereocenters. The molecule has 1 amide bonds. The van der Waals surface area contributed by atoms with Crippen LogP contribution in [0.15, 0.2) is 90.6 Å². The summed E-state index contributed by atoms with van der Waals surface area (Å²) in [6, 6.07) is 25.0. The number of nitrogens with one attached hydrogen (secondary N) is 1. The normalized spacial score (nSPS) is 11.8. The van der Waals surface area contributed by atoms with Gasteiger partial charge < -0.3 is 10.4 Å². The minimum Gasteiger partial charge on any atom is -0.480 e. The molecular formula is C30H31N3O3S2. The monoisotopic (exact) mass is 545 g/mol. The highest BCUT2D eigenvalue weighted by Gasteiger charge is 2.22. The van der Waals surface area contributed by atoms with E-state index in [-0.39, 0.29) is 5.91 Å². The van der Waals surface area contributed by atoms with Crippen LogP contribution in [-0.4, -0.2) is 44.9 Å². The van der Waals surface area contributed by atoms with Gasteiger partial charge in [-0.3, -0.25) is 14.7 Å². The Kier molecular flexibility index (Phi) is 10.1. The second-order valence-corrected chi connectivity index (χ2v) is 10.9. The molecule has 4 aromatic rings. The zero-order valence-electron chi connectivity index (χ0n) is 21.2. The first-order chi connectivity index (χ1) is 18.5. The number of nitrogens with zero attached hydrogens (tertiary/aromatic N) is 2. The lowest BCUT2D eigenvalue weighted by Crippen LogP contribution is -2.41. The number of hydrogen-bond acceptors (Lipinski definition) is 6. The van der Waals surface area contributed by atoms with Crippen LogP contribution in [0.2, 0.25) is 0 Å². The molecule has 196 valence electrons. The zero-order valence-corrected chi connectivity index (χ0v) is 22.9. The summed E-state index contributed by atoms with van der Waals surface area (Å²) in [5.41, 5.74) is 6.30. The molecule has 4 rings (SSSR count). The lowest BCUT2D eigenvalue weighted by Gasteiger charge is -2.23. The Bertz CT molecular complexity index is 1320. The number of benzene rings is 3. The van der Waals surface area contributed by atoms with Gasteiger partial charge in [-0.15, -0.1) is 11.3 Å². The van der Waals surface area contributed by atoms with Crippen molar-refractivity contribution < 1.29 is 14.7 Å². The van der Waals surface area contributed by atoms with E-state index in [2.05, 4.69) is 27.3 Å².